The summed E-state index contributed by atoms with van der Waals surface area (Å²) in [6.45, 7) is 11.3. The minimum Gasteiger partial charge on any atom is -0.183 e. The second-order valence-corrected chi connectivity index (χ2v) is 3.36. The van der Waals surface area contributed by atoms with Gasteiger partial charge in [-0.1, -0.05) is 48.4 Å². The predicted octanol–water partition coefficient (Wildman–Crippen LogP) is 3.56. The van der Waals surface area contributed by atoms with Crippen molar-refractivity contribution in [1.29, 1.82) is 0 Å². The monoisotopic (exact) mass is 180 g/mol. The maximum atomic E-state index is 5.91. The molecule has 0 fully saturated rings. The van der Waals surface area contributed by atoms with E-state index in [1.165, 1.54) is 0 Å². The van der Waals surface area contributed by atoms with Gasteiger partial charge in [-0.05, 0) is 13.8 Å². The second kappa shape index (κ2) is 5.90. The topological polar surface area (TPSA) is 0 Å². The summed E-state index contributed by atoms with van der Waals surface area (Å²) in [5.74, 6) is 3.78. The normalized spacial score (nSPS) is 10.9. The molecule has 0 radical (unpaired) electrons. The summed E-state index contributed by atoms with van der Waals surface area (Å²) in [7, 11) is 0. The lowest BCUT2D eigenvalue weighted by molar-refractivity contribution is 1.57. The van der Waals surface area contributed by atoms with Gasteiger partial charge in [0.15, 0.2) is 0 Å². The fraction of sp³-hybridized carbons (Fsp3) is 0.200. The number of hydrogen-bond acceptors (Lipinski definition) is 0. The van der Waals surface area contributed by atoms with Crippen LogP contribution in [0.1, 0.15) is 13.8 Å². The van der Waals surface area contributed by atoms with Crippen LogP contribution in [0, 0.1) is 0 Å². The highest BCUT2D eigenvalue weighted by Gasteiger charge is 1.97. The van der Waals surface area contributed by atoms with Gasteiger partial charge in [0.25, 0.3) is 0 Å². The summed E-state index contributed by atoms with van der Waals surface area (Å²) in [5.41, 5.74) is 2.01. The van der Waals surface area contributed by atoms with E-state index < -0.39 is 0 Å². The van der Waals surface area contributed by atoms with Gasteiger partial charge in [0.2, 0.25) is 0 Å². The van der Waals surface area contributed by atoms with Gasteiger partial charge in [0.05, 0.1) is 0 Å². The molecule has 0 aliphatic rings. The van der Waals surface area contributed by atoms with E-state index in [1.54, 1.807) is 0 Å². The molecule has 0 heterocycles. The van der Waals surface area contributed by atoms with Gasteiger partial charge in [-0.25, -0.2) is 0 Å². The van der Waals surface area contributed by atoms with Crippen molar-refractivity contribution in [2.45, 2.75) is 13.8 Å². The van der Waals surface area contributed by atoms with Crippen molar-refractivity contribution in [2.24, 2.45) is 0 Å². The zero-order chi connectivity index (χ0) is 9.56. The van der Waals surface area contributed by atoms with E-state index in [2.05, 4.69) is 13.2 Å². The molecule has 2 heteroatoms. The maximum absolute atomic E-state index is 5.91. The van der Waals surface area contributed by atoms with Crippen LogP contribution in [-0.2, 0) is 0 Å². The maximum Gasteiger partial charge on any atom is 0.300 e. The third-order valence-electron chi connectivity index (χ3n) is 1.13. The van der Waals surface area contributed by atoms with Crippen LogP contribution in [0.25, 0.3) is 0 Å². The molecule has 0 rings (SSSR count). The van der Waals surface area contributed by atoms with Crippen molar-refractivity contribution in [3.63, 3.8) is 0 Å². The Hall–Kier alpha value is -0.685. The zero-order valence-electron chi connectivity index (χ0n) is 7.68. The molecule has 64 valence electrons. The summed E-state index contributed by atoms with van der Waals surface area (Å²) in [6.07, 6.45) is 3.74. The molecule has 12 heavy (non-hydrogen) atoms. The standard InChI is InChI=1S/C10H14BCl/c1-9(2)5-7-11(12)8-6-10(3)4/h5-8H,1,3H2,2,4H3. The zero-order valence-corrected chi connectivity index (χ0v) is 8.43. The molecule has 0 N–H and O–H groups in total. The summed E-state index contributed by atoms with van der Waals surface area (Å²) in [5, 5.41) is 0. The van der Waals surface area contributed by atoms with E-state index in [1.807, 2.05) is 38.0 Å². The molecule has 0 nitrogen and oxygen atoms in total. The van der Waals surface area contributed by atoms with Crippen molar-refractivity contribution in [1.82, 2.24) is 0 Å². The Bertz CT molecular complexity index is 202. The summed E-state index contributed by atoms with van der Waals surface area (Å²) < 4.78 is 0. The first-order valence-electron chi connectivity index (χ1n) is 3.84. The smallest absolute Gasteiger partial charge is 0.183 e. The number of hydrogen-bond donors (Lipinski definition) is 0. The summed E-state index contributed by atoms with van der Waals surface area (Å²) in [6, 6.07) is 0. The van der Waals surface area contributed by atoms with Crippen LogP contribution in [0.15, 0.2) is 48.4 Å². The molecule has 0 aromatic carbocycles. The molecule has 0 spiro atoms. The third kappa shape index (κ3) is 7.42. The first-order valence-corrected chi connectivity index (χ1v) is 4.27. The van der Waals surface area contributed by atoms with E-state index in [0.29, 0.717) is 0 Å². The van der Waals surface area contributed by atoms with Crippen molar-refractivity contribution in [2.75, 3.05) is 0 Å². The molecule has 0 atom stereocenters. The lowest BCUT2D eigenvalue weighted by atomic mass is 9.75. The molecule has 0 bridgehead atoms. The van der Waals surface area contributed by atoms with E-state index in [4.69, 9.17) is 11.5 Å². The Kier molecular flexibility index (Phi) is 5.56. The third-order valence-corrected chi connectivity index (χ3v) is 1.42. The van der Waals surface area contributed by atoms with Gasteiger partial charge in [-0.3, -0.25) is 0 Å². The average Bonchev–Trinajstić information content (AvgIpc) is 1.96. The molecule has 0 saturated carbocycles. The molecule has 0 aromatic rings. The number of rotatable bonds is 4. The number of halogens is 1. The van der Waals surface area contributed by atoms with Crippen molar-refractivity contribution >= 4 is 17.6 Å². The highest BCUT2D eigenvalue weighted by atomic mass is 35.5. The van der Waals surface area contributed by atoms with Crippen LogP contribution >= 0.6 is 11.5 Å². The molecular formula is C10H14BCl. The molecule has 0 saturated heterocycles. The van der Waals surface area contributed by atoms with Crippen molar-refractivity contribution in [3.8, 4) is 0 Å². The molecule has 0 unspecified atom stereocenters. The van der Waals surface area contributed by atoms with Crippen LogP contribution < -0.4 is 0 Å². The van der Waals surface area contributed by atoms with E-state index in [0.717, 1.165) is 11.1 Å². The van der Waals surface area contributed by atoms with Crippen LogP contribution in [0.2, 0.25) is 0 Å². The molecular weight excluding hydrogens is 166 g/mol. The minimum absolute atomic E-state index is 0.0709. The first-order chi connectivity index (χ1) is 5.52. The van der Waals surface area contributed by atoms with Gasteiger partial charge < -0.3 is 0 Å². The van der Waals surface area contributed by atoms with Crippen LogP contribution in [0.5, 0.6) is 0 Å². The molecule has 0 aliphatic heterocycles. The van der Waals surface area contributed by atoms with Crippen molar-refractivity contribution < 1.29 is 0 Å². The second-order valence-electron chi connectivity index (χ2n) is 2.86. The lowest BCUT2D eigenvalue weighted by Gasteiger charge is -1.90. The Labute approximate surface area is 80.3 Å². The highest BCUT2D eigenvalue weighted by Crippen LogP contribution is 2.00. The molecule has 0 aliphatic carbocycles. The Balaban J connectivity index is 3.97. The quantitative estimate of drug-likeness (QED) is 0.458. The van der Waals surface area contributed by atoms with Crippen molar-refractivity contribution in [3.05, 3.63) is 48.4 Å². The summed E-state index contributed by atoms with van der Waals surface area (Å²) >= 11 is 5.91. The van der Waals surface area contributed by atoms with E-state index in [-0.39, 0.29) is 6.13 Å². The van der Waals surface area contributed by atoms with Crippen LogP contribution in [0.3, 0.4) is 0 Å². The fourth-order valence-electron chi connectivity index (χ4n) is 0.577. The summed E-state index contributed by atoms with van der Waals surface area (Å²) in [4.78, 5) is 0. The van der Waals surface area contributed by atoms with Crippen LogP contribution in [-0.4, -0.2) is 6.13 Å². The van der Waals surface area contributed by atoms with Gasteiger partial charge in [0.1, 0.15) is 0 Å². The van der Waals surface area contributed by atoms with E-state index in [9.17, 15) is 0 Å². The predicted molar refractivity (Wildman–Crippen MR) is 59.5 cm³/mol. The van der Waals surface area contributed by atoms with Gasteiger partial charge in [-0.2, -0.15) is 11.5 Å². The fourth-order valence-corrected chi connectivity index (χ4v) is 0.722. The Morgan fingerprint density at radius 3 is 1.67 bits per heavy atom. The van der Waals surface area contributed by atoms with Gasteiger partial charge in [0, 0.05) is 0 Å². The van der Waals surface area contributed by atoms with Gasteiger partial charge >= 0.3 is 6.13 Å². The highest BCUT2D eigenvalue weighted by molar-refractivity contribution is 7.12. The Morgan fingerprint density at radius 2 is 1.42 bits per heavy atom. The van der Waals surface area contributed by atoms with Crippen LogP contribution in [0.4, 0.5) is 0 Å². The first kappa shape index (κ1) is 11.3. The minimum atomic E-state index is -0.0709. The number of allylic oxidation sites excluding steroid dienone is 4. The Morgan fingerprint density at radius 1 is 1.08 bits per heavy atom. The van der Waals surface area contributed by atoms with E-state index >= 15 is 0 Å². The van der Waals surface area contributed by atoms with Gasteiger partial charge in [-0.15, -0.1) is 0 Å². The average molecular weight is 180 g/mol. The largest absolute Gasteiger partial charge is 0.300 e. The SMILES string of the molecule is C=C(C)C=CB(Cl)C=CC(=C)C. The molecule has 0 amide bonds. The lowest BCUT2D eigenvalue weighted by Crippen LogP contribution is -1.93. The molecule has 0 aromatic heterocycles.